The van der Waals surface area contributed by atoms with Crippen molar-refractivity contribution in [2.45, 2.75) is 30.8 Å². The van der Waals surface area contributed by atoms with Gasteiger partial charge in [-0.15, -0.1) is 0 Å². The SMILES string of the molecule is C[C@@H](Br)C(=O)N1C(=O)N(C)[C@@H](C)[C@H]1c1ccccc1. The van der Waals surface area contributed by atoms with Gasteiger partial charge in [0.15, 0.2) is 0 Å². The van der Waals surface area contributed by atoms with Crippen molar-refractivity contribution in [2.24, 2.45) is 0 Å². The molecule has 1 aliphatic rings. The maximum atomic E-state index is 12.3. The fraction of sp³-hybridized carbons (Fsp3) is 0.429. The highest BCUT2D eigenvalue weighted by atomic mass is 79.9. The molecule has 1 aromatic rings. The summed E-state index contributed by atoms with van der Waals surface area (Å²) in [5.74, 6) is -0.199. The summed E-state index contributed by atoms with van der Waals surface area (Å²) >= 11 is 3.26. The van der Waals surface area contributed by atoms with Gasteiger partial charge < -0.3 is 4.90 Å². The molecule has 0 bridgehead atoms. The number of amides is 3. The third kappa shape index (κ3) is 2.39. The molecule has 0 aromatic heterocycles. The van der Waals surface area contributed by atoms with E-state index in [0.717, 1.165) is 5.56 Å². The molecule has 1 fully saturated rings. The third-order valence-corrected chi connectivity index (χ3v) is 3.96. The molecule has 1 aromatic carbocycles. The van der Waals surface area contributed by atoms with Crippen LogP contribution < -0.4 is 0 Å². The lowest BCUT2D eigenvalue weighted by atomic mass is 10.0. The van der Waals surface area contributed by atoms with E-state index in [1.165, 1.54) is 4.90 Å². The maximum Gasteiger partial charge on any atom is 0.327 e. The van der Waals surface area contributed by atoms with Gasteiger partial charge in [0.1, 0.15) is 0 Å². The van der Waals surface area contributed by atoms with Crippen LogP contribution in [0.2, 0.25) is 0 Å². The van der Waals surface area contributed by atoms with Crippen LogP contribution in [0.4, 0.5) is 4.79 Å². The highest BCUT2D eigenvalue weighted by molar-refractivity contribution is 9.10. The van der Waals surface area contributed by atoms with Crippen molar-refractivity contribution in [1.82, 2.24) is 9.80 Å². The summed E-state index contributed by atoms with van der Waals surface area (Å²) in [5, 5.41) is 0. The smallest absolute Gasteiger partial charge is 0.322 e. The molecular formula is C14H17BrN2O2. The molecule has 4 nitrogen and oxygen atoms in total. The Morgan fingerprint density at radius 2 is 1.89 bits per heavy atom. The maximum absolute atomic E-state index is 12.3. The summed E-state index contributed by atoms with van der Waals surface area (Å²) < 4.78 is 0. The minimum Gasteiger partial charge on any atom is -0.322 e. The second kappa shape index (κ2) is 5.33. The molecule has 0 unspecified atom stereocenters. The van der Waals surface area contributed by atoms with E-state index >= 15 is 0 Å². The summed E-state index contributed by atoms with van der Waals surface area (Å²) in [7, 11) is 1.73. The largest absolute Gasteiger partial charge is 0.327 e. The van der Waals surface area contributed by atoms with Crippen molar-refractivity contribution in [1.29, 1.82) is 0 Å². The van der Waals surface area contributed by atoms with Crippen LogP contribution in [-0.4, -0.2) is 39.7 Å². The van der Waals surface area contributed by atoms with E-state index in [0.29, 0.717) is 0 Å². The van der Waals surface area contributed by atoms with Gasteiger partial charge in [-0.05, 0) is 19.4 Å². The van der Waals surface area contributed by atoms with E-state index in [-0.39, 0.29) is 28.8 Å². The molecule has 0 aliphatic carbocycles. The van der Waals surface area contributed by atoms with Crippen LogP contribution in [0.25, 0.3) is 0 Å². The van der Waals surface area contributed by atoms with Crippen molar-refractivity contribution in [3.63, 3.8) is 0 Å². The number of halogens is 1. The van der Waals surface area contributed by atoms with E-state index < -0.39 is 0 Å². The van der Waals surface area contributed by atoms with Crippen LogP contribution >= 0.6 is 15.9 Å². The van der Waals surface area contributed by atoms with Crippen LogP contribution in [-0.2, 0) is 4.79 Å². The number of imide groups is 1. The fourth-order valence-electron chi connectivity index (χ4n) is 2.39. The number of rotatable bonds is 2. The second-order valence-corrected chi connectivity index (χ2v) is 6.19. The Kier molecular flexibility index (Phi) is 3.94. The lowest BCUT2D eigenvalue weighted by Gasteiger charge is -2.25. The number of carbonyl (C=O) groups excluding carboxylic acids is 2. The zero-order valence-corrected chi connectivity index (χ0v) is 12.8. The van der Waals surface area contributed by atoms with E-state index in [1.807, 2.05) is 37.3 Å². The van der Waals surface area contributed by atoms with Gasteiger partial charge in [-0.25, -0.2) is 4.79 Å². The second-order valence-electron chi connectivity index (χ2n) is 4.81. The number of likely N-dealkylation sites (N-methyl/N-ethyl adjacent to an activating group) is 1. The number of carbonyl (C=O) groups is 2. The first-order valence-electron chi connectivity index (χ1n) is 6.24. The number of urea groups is 1. The molecule has 0 radical (unpaired) electrons. The highest BCUT2D eigenvalue weighted by Crippen LogP contribution is 2.35. The molecule has 3 atom stereocenters. The van der Waals surface area contributed by atoms with Crippen LogP contribution in [0.15, 0.2) is 30.3 Å². The molecule has 3 amide bonds. The van der Waals surface area contributed by atoms with Crippen LogP contribution in [0.1, 0.15) is 25.5 Å². The van der Waals surface area contributed by atoms with Gasteiger partial charge in [0.25, 0.3) is 0 Å². The van der Waals surface area contributed by atoms with Crippen molar-refractivity contribution >= 4 is 27.9 Å². The zero-order chi connectivity index (χ0) is 14.2. The van der Waals surface area contributed by atoms with Crippen molar-refractivity contribution in [2.75, 3.05) is 7.05 Å². The van der Waals surface area contributed by atoms with E-state index in [9.17, 15) is 9.59 Å². The van der Waals surface area contributed by atoms with Gasteiger partial charge in [-0.3, -0.25) is 9.69 Å². The fourth-order valence-corrected chi connectivity index (χ4v) is 2.61. The first-order chi connectivity index (χ1) is 8.95. The lowest BCUT2D eigenvalue weighted by molar-refractivity contribution is -0.128. The molecule has 2 rings (SSSR count). The molecule has 1 aliphatic heterocycles. The predicted octanol–water partition coefficient (Wildman–Crippen LogP) is 2.79. The summed E-state index contributed by atoms with van der Waals surface area (Å²) in [6.45, 7) is 3.70. The van der Waals surface area contributed by atoms with Gasteiger partial charge in [0.05, 0.1) is 16.9 Å². The summed E-state index contributed by atoms with van der Waals surface area (Å²) in [6.07, 6.45) is 0. The Morgan fingerprint density at radius 3 is 2.42 bits per heavy atom. The topological polar surface area (TPSA) is 40.6 Å². The molecule has 1 heterocycles. The Bertz CT molecular complexity index is 481. The van der Waals surface area contributed by atoms with Crippen LogP contribution in [0, 0.1) is 0 Å². The molecule has 102 valence electrons. The van der Waals surface area contributed by atoms with Gasteiger partial charge in [0, 0.05) is 7.05 Å². The summed E-state index contributed by atoms with van der Waals surface area (Å²) in [4.78, 5) is 27.1. The first-order valence-corrected chi connectivity index (χ1v) is 7.15. The highest BCUT2D eigenvalue weighted by Gasteiger charge is 2.46. The Morgan fingerprint density at radius 1 is 1.32 bits per heavy atom. The Hall–Kier alpha value is -1.36. The molecule has 19 heavy (non-hydrogen) atoms. The normalized spacial score (nSPS) is 24.7. The minimum atomic E-state index is -0.374. The van der Waals surface area contributed by atoms with Crippen molar-refractivity contribution in [3.8, 4) is 0 Å². The number of benzene rings is 1. The molecular weight excluding hydrogens is 308 g/mol. The van der Waals surface area contributed by atoms with E-state index in [4.69, 9.17) is 0 Å². The minimum absolute atomic E-state index is 0.0369. The third-order valence-electron chi connectivity index (χ3n) is 3.57. The standard InChI is InChI=1S/C14H17BrN2O2/c1-9(15)13(18)17-12(10(2)16(3)14(17)19)11-7-5-4-6-8-11/h4-10,12H,1-3H3/t9-,10+,12+/m1/s1. The van der Waals surface area contributed by atoms with Crippen LogP contribution in [0.3, 0.4) is 0 Å². The number of hydrogen-bond donors (Lipinski definition) is 0. The molecule has 0 saturated carbocycles. The predicted molar refractivity (Wildman–Crippen MR) is 77.0 cm³/mol. The molecule has 5 heteroatoms. The van der Waals surface area contributed by atoms with Gasteiger partial charge in [-0.2, -0.15) is 0 Å². The van der Waals surface area contributed by atoms with Crippen molar-refractivity contribution < 1.29 is 9.59 Å². The van der Waals surface area contributed by atoms with Gasteiger partial charge in [-0.1, -0.05) is 46.3 Å². The Labute approximate surface area is 121 Å². The lowest BCUT2D eigenvalue weighted by Crippen LogP contribution is -2.39. The molecule has 1 saturated heterocycles. The van der Waals surface area contributed by atoms with E-state index in [1.54, 1.807) is 18.9 Å². The van der Waals surface area contributed by atoms with Crippen LogP contribution in [0.5, 0.6) is 0 Å². The quantitative estimate of drug-likeness (QED) is 0.785. The summed E-state index contributed by atoms with van der Waals surface area (Å²) in [5.41, 5.74) is 0.981. The van der Waals surface area contributed by atoms with Gasteiger partial charge in [0.2, 0.25) is 5.91 Å². The molecule has 0 N–H and O–H groups in total. The number of alkyl halides is 1. The number of hydrogen-bond acceptors (Lipinski definition) is 2. The van der Waals surface area contributed by atoms with Crippen molar-refractivity contribution in [3.05, 3.63) is 35.9 Å². The number of nitrogens with zero attached hydrogens (tertiary/aromatic N) is 2. The van der Waals surface area contributed by atoms with E-state index in [2.05, 4.69) is 15.9 Å². The average Bonchev–Trinajstić information content (AvgIpc) is 2.63. The molecule has 0 spiro atoms. The summed E-state index contributed by atoms with van der Waals surface area (Å²) in [6, 6.07) is 9.16. The Balaban J connectivity index is 2.43. The zero-order valence-electron chi connectivity index (χ0n) is 11.2. The van der Waals surface area contributed by atoms with Gasteiger partial charge >= 0.3 is 6.03 Å². The average molecular weight is 325 g/mol. The monoisotopic (exact) mass is 324 g/mol. The first kappa shape index (κ1) is 14.1.